The van der Waals surface area contributed by atoms with Crippen molar-refractivity contribution in [2.45, 2.75) is 13.0 Å². The average molecular weight is 247 g/mol. The van der Waals surface area contributed by atoms with Crippen LogP contribution in [0.5, 0.6) is 0 Å². The summed E-state index contributed by atoms with van der Waals surface area (Å²) in [7, 11) is 0. The van der Waals surface area contributed by atoms with E-state index in [2.05, 4.69) is 12.1 Å². The summed E-state index contributed by atoms with van der Waals surface area (Å²) in [6, 6.07) is 18.0. The van der Waals surface area contributed by atoms with Crippen LogP contribution >= 0.6 is 11.6 Å². The first-order chi connectivity index (χ1) is 8.31. The molecule has 1 atom stereocenters. The molecule has 2 aromatic carbocycles. The average Bonchev–Trinajstić information content (AvgIpc) is 2.38. The highest BCUT2D eigenvalue weighted by molar-refractivity contribution is 6.30. The Morgan fingerprint density at radius 2 is 1.53 bits per heavy atom. The van der Waals surface area contributed by atoms with Gasteiger partial charge in [-0.15, -0.1) is 0 Å². The van der Waals surface area contributed by atoms with Crippen LogP contribution in [0.25, 0.3) is 0 Å². The lowest BCUT2D eigenvalue weighted by molar-refractivity contribution is 0.0913. The second kappa shape index (κ2) is 5.85. The lowest BCUT2D eigenvalue weighted by Crippen LogP contribution is -2.05. The fraction of sp³-hybridized carbons (Fsp3) is 0.200. The molecule has 0 spiro atoms. The molecule has 0 aliphatic rings. The molecule has 2 aromatic rings. The van der Waals surface area contributed by atoms with E-state index in [0.717, 1.165) is 16.1 Å². The minimum Gasteiger partial charge on any atom is -0.369 e. The largest absolute Gasteiger partial charge is 0.369 e. The zero-order chi connectivity index (χ0) is 12.1. The Labute approximate surface area is 107 Å². The smallest absolute Gasteiger partial charge is 0.108 e. The molecule has 2 heteroatoms. The molecular formula is C15H15ClO. The maximum atomic E-state index is 5.90. The third kappa shape index (κ3) is 3.09. The van der Waals surface area contributed by atoms with Crippen LogP contribution in [0.15, 0.2) is 54.6 Å². The van der Waals surface area contributed by atoms with Crippen molar-refractivity contribution in [2.24, 2.45) is 0 Å². The lowest BCUT2D eigenvalue weighted by atomic mass is 10.0. The summed E-state index contributed by atoms with van der Waals surface area (Å²) in [4.78, 5) is 0. The summed E-state index contributed by atoms with van der Waals surface area (Å²) >= 11 is 5.90. The van der Waals surface area contributed by atoms with Crippen LogP contribution in [0, 0.1) is 0 Å². The van der Waals surface area contributed by atoms with Crippen LogP contribution < -0.4 is 0 Å². The highest BCUT2D eigenvalue weighted by Gasteiger charge is 2.13. The highest BCUT2D eigenvalue weighted by Crippen LogP contribution is 2.26. The summed E-state index contributed by atoms with van der Waals surface area (Å²) in [6.45, 7) is 2.69. The zero-order valence-electron chi connectivity index (χ0n) is 9.77. The minimum atomic E-state index is -0.0153. The molecular weight excluding hydrogens is 232 g/mol. The number of hydrogen-bond acceptors (Lipinski definition) is 1. The SMILES string of the molecule is CCOC(c1ccccc1)c1ccc(Cl)cc1. The van der Waals surface area contributed by atoms with Crippen molar-refractivity contribution in [1.82, 2.24) is 0 Å². The Balaban J connectivity index is 2.32. The van der Waals surface area contributed by atoms with Gasteiger partial charge >= 0.3 is 0 Å². The van der Waals surface area contributed by atoms with Crippen molar-refractivity contribution in [3.63, 3.8) is 0 Å². The molecule has 0 N–H and O–H groups in total. The van der Waals surface area contributed by atoms with Crippen LogP contribution in [-0.4, -0.2) is 6.61 Å². The fourth-order valence-electron chi connectivity index (χ4n) is 1.82. The van der Waals surface area contributed by atoms with Crippen molar-refractivity contribution >= 4 is 11.6 Å². The summed E-state index contributed by atoms with van der Waals surface area (Å²) in [5.41, 5.74) is 2.29. The normalized spacial score (nSPS) is 12.4. The van der Waals surface area contributed by atoms with Gasteiger partial charge < -0.3 is 4.74 Å². The predicted molar refractivity (Wildman–Crippen MR) is 71.4 cm³/mol. The van der Waals surface area contributed by atoms with E-state index in [9.17, 15) is 0 Å². The second-order valence-corrected chi connectivity index (χ2v) is 4.23. The monoisotopic (exact) mass is 246 g/mol. The van der Waals surface area contributed by atoms with E-state index in [0.29, 0.717) is 6.61 Å². The van der Waals surface area contributed by atoms with E-state index in [1.165, 1.54) is 0 Å². The van der Waals surface area contributed by atoms with Gasteiger partial charge in [0.15, 0.2) is 0 Å². The molecule has 88 valence electrons. The van der Waals surface area contributed by atoms with Gasteiger partial charge in [-0.05, 0) is 30.2 Å². The van der Waals surface area contributed by atoms with Crippen molar-refractivity contribution in [1.29, 1.82) is 0 Å². The molecule has 17 heavy (non-hydrogen) atoms. The molecule has 0 amide bonds. The molecule has 0 radical (unpaired) electrons. The van der Waals surface area contributed by atoms with Gasteiger partial charge in [0.2, 0.25) is 0 Å². The number of halogens is 1. The molecule has 0 heterocycles. The molecule has 1 nitrogen and oxygen atoms in total. The number of benzene rings is 2. The Kier molecular flexibility index (Phi) is 4.18. The van der Waals surface area contributed by atoms with E-state index in [-0.39, 0.29) is 6.10 Å². The van der Waals surface area contributed by atoms with E-state index in [4.69, 9.17) is 16.3 Å². The third-order valence-electron chi connectivity index (χ3n) is 2.61. The number of hydrogen-bond donors (Lipinski definition) is 0. The van der Waals surface area contributed by atoms with Gasteiger partial charge in [-0.3, -0.25) is 0 Å². The Bertz CT molecular complexity index is 450. The first-order valence-electron chi connectivity index (χ1n) is 5.73. The van der Waals surface area contributed by atoms with Crippen molar-refractivity contribution in [3.8, 4) is 0 Å². The molecule has 0 aliphatic heterocycles. The highest BCUT2D eigenvalue weighted by atomic mass is 35.5. The Hall–Kier alpha value is -1.31. The summed E-state index contributed by atoms with van der Waals surface area (Å²) in [5, 5.41) is 0.747. The van der Waals surface area contributed by atoms with E-state index >= 15 is 0 Å². The van der Waals surface area contributed by atoms with Gasteiger partial charge in [0, 0.05) is 11.6 Å². The molecule has 0 saturated carbocycles. The Morgan fingerprint density at radius 3 is 2.12 bits per heavy atom. The Morgan fingerprint density at radius 1 is 0.941 bits per heavy atom. The quantitative estimate of drug-likeness (QED) is 0.774. The molecule has 0 fully saturated rings. The summed E-state index contributed by atoms with van der Waals surface area (Å²) in [5.74, 6) is 0. The predicted octanol–water partition coefficient (Wildman–Crippen LogP) is 4.47. The lowest BCUT2D eigenvalue weighted by Gasteiger charge is -2.18. The van der Waals surface area contributed by atoms with Gasteiger partial charge in [-0.25, -0.2) is 0 Å². The second-order valence-electron chi connectivity index (χ2n) is 3.80. The summed E-state index contributed by atoms with van der Waals surface area (Å²) < 4.78 is 5.81. The standard InChI is InChI=1S/C15H15ClO/c1-2-17-15(12-6-4-3-5-7-12)13-8-10-14(16)11-9-13/h3-11,15H,2H2,1H3. The van der Waals surface area contributed by atoms with Crippen LogP contribution in [-0.2, 0) is 4.74 Å². The van der Waals surface area contributed by atoms with Gasteiger partial charge in [0.25, 0.3) is 0 Å². The molecule has 0 aromatic heterocycles. The maximum Gasteiger partial charge on any atom is 0.108 e. The molecule has 2 rings (SSSR count). The topological polar surface area (TPSA) is 9.23 Å². The van der Waals surface area contributed by atoms with Crippen molar-refractivity contribution < 1.29 is 4.74 Å². The van der Waals surface area contributed by atoms with E-state index in [1.54, 1.807) is 0 Å². The number of ether oxygens (including phenoxy) is 1. The first kappa shape index (κ1) is 12.2. The van der Waals surface area contributed by atoms with Gasteiger partial charge in [-0.1, -0.05) is 54.1 Å². The first-order valence-corrected chi connectivity index (χ1v) is 6.11. The van der Waals surface area contributed by atoms with Gasteiger partial charge in [0.05, 0.1) is 0 Å². The van der Waals surface area contributed by atoms with Gasteiger partial charge in [0.1, 0.15) is 6.10 Å². The minimum absolute atomic E-state index is 0.0153. The third-order valence-corrected chi connectivity index (χ3v) is 2.86. The molecule has 0 saturated heterocycles. The molecule has 1 unspecified atom stereocenters. The number of rotatable bonds is 4. The molecule has 0 bridgehead atoms. The van der Waals surface area contributed by atoms with Crippen LogP contribution in [0.1, 0.15) is 24.2 Å². The fourth-order valence-corrected chi connectivity index (χ4v) is 1.94. The zero-order valence-corrected chi connectivity index (χ0v) is 10.5. The van der Waals surface area contributed by atoms with Crippen molar-refractivity contribution in [3.05, 3.63) is 70.7 Å². The van der Waals surface area contributed by atoms with Crippen LogP contribution in [0.4, 0.5) is 0 Å². The van der Waals surface area contributed by atoms with Crippen LogP contribution in [0.3, 0.4) is 0 Å². The van der Waals surface area contributed by atoms with E-state index in [1.807, 2.05) is 49.4 Å². The van der Waals surface area contributed by atoms with E-state index < -0.39 is 0 Å². The van der Waals surface area contributed by atoms with Crippen molar-refractivity contribution in [2.75, 3.05) is 6.61 Å². The van der Waals surface area contributed by atoms with Crippen LogP contribution in [0.2, 0.25) is 5.02 Å². The summed E-state index contributed by atoms with van der Waals surface area (Å²) in [6.07, 6.45) is -0.0153. The molecule has 0 aliphatic carbocycles. The maximum absolute atomic E-state index is 5.90. The van der Waals surface area contributed by atoms with Gasteiger partial charge in [-0.2, -0.15) is 0 Å².